The molecular weight excluding hydrogens is 362 g/mol. The molecule has 4 heteroatoms. The van der Waals surface area contributed by atoms with Gasteiger partial charge < -0.3 is 9.32 Å². The molecule has 4 nitrogen and oxygen atoms in total. The van der Waals surface area contributed by atoms with E-state index in [1.807, 2.05) is 59.5 Å². The van der Waals surface area contributed by atoms with Crippen LogP contribution in [0.3, 0.4) is 0 Å². The van der Waals surface area contributed by atoms with Crippen molar-refractivity contribution in [2.24, 2.45) is 0 Å². The standard InChI is InChI=1S/C25H19NO3/c27-24(26-14-13-17-7-1-2-9-19(17)16-26)22-12-6-5-11-21(22)23-15-18-8-3-4-10-20(18)25(28)29-23/h1-12,15H,13-14,16H2. The maximum Gasteiger partial charge on any atom is 0.344 e. The molecule has 0 aliphatic carbocycles. The molecule has 1 aliphatic heterocycles. The van der Waals surface area contributed by atoms with Gasteiger partial charge in [0.1, 0.15) is 5.76 Å². The fraction of sp³-hybridized carbons (Fsp3) is 0.120. The molecule has 1 aliphatic rings. The Kier molecular flexibility index (Phi) is 4.24. The molecule has 0 radical (unpaired) electrons. The molecule has 1 aromatic heterocycles. The molecule has 4 aromatic rings. The number of rotatable bonds is 2. The Labute approximate surface area is 168 Å². The zero-order chi connectivity index (χ0) is 19.8. The first-order valence-electron chi connectivity index (χ1n) is 9.69. The van der Waals surface area contributed by atoms with E-state index in [2.05, 4.69) is 12.1 Å². The molecule has 29 heavy (non-hydrogen) atoms. The molecule has 0 fully saturated rings. The highest BCUT2D eigenvalue weighted by Gasteiger charge is 2.24. The third kappa shape index (κ3) is 3.13. The lowest BCUT2D eigenvalue weighted by atomic mass is 9.97. The first kappa shape index (κ1) is 17.4. The zero-order valence-electron chi connectivity index (χ0n) is 15.8. The minimum atomic E-state index is -0.396. The van der Waals surface area contributed by atoms with Gasteiger partial charge in [-0.25, -0.2) is 4.79 Å². The van der Waals surface area contributed by atoms with Crippen molar-refractivity contribution in [3.63, 3.8) is 0 Å². The van der Waals surface area contributed by atoms with Crippen LogP contribution in [0, 0.1) is 0 Å². The van der Waals surface area contributed by atoms with Gasteiger partial charge in [0.25, 0.3) is 5.91 Å². The van der Waals surface area contributed by atoms with E-state index in [-0.39, 0.29) is 5.91 Å². The Bertz CT molecular complexity index is 1290. The van der Waals surface area contributed by atoms with Gasteiger partial charge in [-0.1, -0.05) is 60.7 Å². The first-order chi connectivity index (χ1) is 14.2. The van der Waals surface area contributed by atoms with Crippen LogP contribution in [0.15, 0.2) is 88.1 Å². The predicted octanol–water partition coefficient (Wildman–Crippen LogP) is 4.66. The molecule has 0 saturated heterocycles. The lowest BCUT2D eigenvalue weighted by Crippen LogP contribution is -2.36. The number of carbonyl (C=O) groups is 1. The van der Waals surface area contributed by atoms with Crippen LogP contribution in [-0.2, 0) is 13.0 Å². The fourth-order valence-electron chi connectivity index (χ4n) is 3.99. The summed E-state index contributed by atoms with van der Waals surface area (Å²) in [7, 11) is 0. The molecule has 0 spiro atoms. The molecule has 0 atom stereocenters. The van der Waals surface area contributed by atoms with E-state index in [0.29, 0.717) is 35.4 Å². The SMILES string of the molecule is O=C(c1ccccc1-c1cc2ccccc2c(=O)o1)N1CCc2ccccc2C1. The Morgan fingerprint density at radius 1 is 0.862 bits per heavy atom. The van der Waals surface area contributed by atoms with Gasteiger partial charge >= 0.3 is 5.63 Å². The molecule has 2 heterocycles. The second-order valence-electron chi connectivity index (χ2n) is 7.28. The number of carbonyl (C=O) groups excluding carboxylic acids is 1. The van der Waals surface area contributed by atoms with Crippen LogP contribution in [-0.4, -0.2) is 17.4 Å². The summed E-state index contributed by atoms with van der Waals surface area (Å²) in [6.07, 6.45) is 0.842. The molecule has 5 rings (SSSR count). The highest BCUT2D eigenvalue weighted by atomic mass is 16.4. The van der Waals surface area contributed by atoms with Gasteiger partial charge in [0.15, 0.2) is 0 Å². The minimum Gasteiger partial charge on any atom is -0.422 e. The van der Waals surface area contributed by atoms with Crippen LogP contribution in [0.2, 0.25) is 0 Å². The summed E-state index contributed by atoms with van der Waals surface area (Å²) < 4.78 is 5.58. The summed E-state index contributed by atoms with van der Waals surface area (Å²) in [5.74, 6) is 0.362. The number of fused-ring (bicyclic) bond motifs is 2. The second-order valence-corrected chi connectivity index (χ2v) is 7.28. The van der Waals surface area contributed by atoms with Gasteiger partial charge in [0, 0.05) is 18.7 Å². The van der Waals surface area contributed by atoms with Gasteiger partial charge in [-0.05, 0) is 41.1 Å². The summed E-state index contributed by atoms with van der Waals surface area (Å²) in [4.78, 5) is 27.7. The van der Waals surface area contributed by atoms with E-state index < -0.39 is 5.63 Å². The first-order valence-corrected chi connectivity index (χ1v) is 9.69. The molecule has 0 unspecified atom stereocenters. The molecule has 3 aromatic carbocycles. The summed E-state index contributed by atoms with van der Waals surface area (Å²) >= 11 is 0. The highest BCUT2D eigenvalue weighted by molar-refractivity contribution is 6.01. The monoisotopic (exact) mass is 381 g/mol. The van der Waals surface area contributed by atoms with Crippen LogP contribution in [0.1, 0.15) is 21.5 Å². The van der Waals surface area contributed by atoms with E-state index in [4.69, 9.17) is 4.42 Å². The Hall–Kier alpha value is -3.66. The van der Waals surface area contributed by atoms with Crippen molar-refractivity contribution in [1.29, 1.82) is 0 Å². The summed E-state index contributed by atoms with van der Waals surface area (Å²) in [6, 6.07) is 24.7. The van der Waals surface area contributed by atoms with E-state index in [1.54, 1.807) is 12.1 Å². The molecule has 1 amide bonds. The molecular formula is C25H19NO3. The third-order valence-electron chi connectivity index (χ3n) is 5.51. The van der Waals surface area contributed by atoms with Crippen LogP contribution < -0.4 is 5.63 Å². The molecule has 142 valence electrons. The van der Waals surface area contributed by atoms with E-state index in [9.17, 15) is 9.59 Å². The Morgan fingerprint density at radius 3 is 2.48 bits per heavy atom. The van der Waals surface area contributed by atoms with Crippen LogP contribution >= 0.6 is 0 Å². The number of amides is 1. The number of benzene rings is 3. The Morgan fingerprint density at radius 2 is 1.59 bits per heavy atom. The van der Waals surface area contributed by atoms with E-state index >= 15 is 0 Å². The average molecular weight is 381 g/mol. The minimum absolute atomic E-state index is 0.0501. The van der Waals surface area contributed by atoms with Gasteiger partial charge in [-0.2, -0.15) is 0 Å². The molecule has 0 saturated carbocycles. The Balaban J connectivity index is 1.55. The highest BCUT2D eigenvalue weighted by Crippen LogP contribution is 2.28. The van der Waals surface area contributed by atoms with Gasteiger partial charge in [-0.3, -0.25) is 4.79 Å². The third-order valence-corrected chi connectivity index (χ3v) is 5.51. The average Bonchev–Trinajstić information content (AvgIpc) is 2.78. The van der Waals surface area contributed by atoms with E-state index in [1.165, 1.54) is 11.1 Å². The van der Waals surface area contributed by atoms with Crippen molar-refractivity contribution < 1.29 is 9.21 Å². The van der Waals surface area contributed by atoms with Crippen LogP contribution in [0.25, 0.3) is 22.1 Å². The number of hydrogen-bond acceptors (Lipinski definition) is 3. The van der Waals surface area contributed by atoms with Crippen LogP contribution in [0.4, 0.5) is 0 Å². The van der Waals surface area contributed by atoms with Crippen molar-refractivity contribution in [3.8, 4) is 11.3 Å². The topological polar surface area (TPSA) is 50.5 Å². The summed E-state index contributed by atoms with van der Waals surface area (Å²) in [6.45, 7) is 1.26. The fourth-order valence-corrected chi connectivity index (χ4v) is 3.99. The van der Waals surface area contributed by atoms with Crippen molar-refractivity contribution in [3.05, 3.63) is 106 Å². The normalized spacial score (nSPS) is 13.3. The van der Waals surface area contributed by atoms with Crippen LogP contribution in [0.5, 0.6) is 0 Å². The quantitative estimate of drug-likeness (QED) is 0.507. The maximum atomic E-state index is 13.4. The van der Waals surface area contributed by atoms with Crippen molar-refractivity contribution in [1.82, 2.24) is 4.90 Å². The number of hydrogen-bond donors (Lipinski definition) is 0. The largest absolute Gasteiger partial charge is 0.422 e. The summed E-state index contributed by atoms with van der Waals surface area (Å²) in [5, 5.41) is 1.33. The summed E-state index contributed by atoms with van der Waals surface area (Å²) in [5.41, 5.74) is 3.27. The van der Waals surface area contributed by atoms with Crippen molar-refractivity contribution in [2.45, 2.75) is 13.0 Å². The van der Waals surface area contributed by atoms with E-state index in [0.717, 1.165) is 11.8 Å². The maximum absolute atomic E-state index is 13.4. The zero-order valence-corrected chi connectivity index (χ0v) is 15.8. The van der Waals surface area contributed by atoms with Crippen molar-refractivity contribution >= 4 is 16.7 Å². The second kappa shape index (κ2) is 7.06. The lowest BCUT2D eigenvalue weighted by molar-refractivity contribution is 0.0735. The number of nitrogens with zero attached hydrogens (tertiary/aromatic N) is 1. The molecule has 0 N–H and O–H groups in total. The van der Waals surface area contributed by atoms with Gasteiger partial charge in [0.05, 0.1) is 10.9 Å². The van der Waals surface area contributed by atoms with Gasteiger partial charge in [0.2, 0.25) is 0 Å². The smallest absolute Gasteiger partial charge is 0.344 e. The van der Waals surface area contributed by atoms with Gasteiger partial charge in [-0.15, -0.1) is 0 Å². The lowest BCUT2D eigenvalue weighted by Gasteiger charge is -2.29. The predicted molar refractivity (Wildman–Crippen MR) is 113 cm³/mol. The molecule has 0 bridgehead atoms. The van der Waals surface area contributed by atoms with Crippen molar-refractivity contribution in [2.75, 3.05) is 6.54 Å².